The van der Waals surface area contributed by atoms with E-state index in [1.807, 2.05) is 6.07 Å². The third-order valence-corrected chi connectivity index (χ3v) is 3.91. The number of nitriles is 1. The van der Waals surface area contributed by atoms with Gasteiger partial charge >= 0.3 is 5.97 Å². The molecule has 2 N–H and O–H groups in total. The van der Waals surface area contributed by atoms with Gasteiger partial charge in [-0.05, 0) is 18.4 Å². The van der Waals surface area contributed by atoms with Crippen LogP contribution in [-0.2, 0) is 4.74 Å². The number of ether oxygens (including phenoxy) is 1. The third kappa shape index (κ3) is 2.84. The molecule has 8 nitrogen and oxygen atoms in total. The Morgan fingerprint density at radius 1 is 1.52 bits per heavy atom. The lowest BCUT2D eigenvalue weighted by atomic mass is 10.2. The van der Waals surface area contributed by atoms with E-state index in [-0.39, 0.29) is 28.3 Å². The fraction of sp³-hybridized carbons (Fsp3) is 0.143. The zero-order valence-electron chi connectivity index (χ0n) is 12.3. The number of benzene rings is 1. The Labute approximate surface area is 135 Å². The van der Waals surface area contributed by atoms with E-state index in [4.69, 9.17) is 11.0 Å². The van der Waals surface area contributed by atoms with Crippen LogP contribution in [0.15, 0.2) is 29.3 Å². The number of carbonyl (C=O) groups excluding carboxylic acids is 1. The highest BCUT2D eigenvalue weighted by Gasteiger charge is 2.26. The summed E-state index contributed by atoms with van der Waals surface area (Å²) in [6.07, 6.45) is 3.07. The summed E-state index contributed by atoms with van der Waals surface area (Å²) < 4.78 is 5.87. The molecule has 9 heteroatoms. The van der Waals surface area contributed by atoms with E-state index in [1.54, 1.807) is 12.3 Å². The fourth-order valence-corrected chi connectivity index (χ4v) is 2.52. The van der Waals surface area contributed by atoms with Crippen LogP contribution in [0.5, 0.6) is 0 Å². The number of nitro groups is 1. The highest BCUT2D eigenvalue weighted by atomic mass is 32.2. The first kappa shape index (κ1) is 16.4. The maximum Gasteiger partial charge on any atom is 0.357 e. The first-order valence-corrected chi connectivity index (χ1v) is 7.49. The molecule has 1 aromatic heterocycles. The number of hydrogen-bond acceptors (Lipinski definition) is 7. The maximum atomic E-state index is 12.0. The molecule has 0 bridgehead atoms. The number of methoxy groups -OCH3 is 1. The van der Waals surface area contributed by atoms with Gasteiger partial charge in [0.05, 0.1) is 23.3 Å². The Balaban J connectivity index is 2.79. The maximum absolute atomic E-state index is 12.0. The zero-order valence-corrected chi connectivity index (χ0v) is 13.1. The van der Waals surface area contributed by atoms with Crippen molar-refractivity contribution in [3.05, 3.63) is 45.8 Å². The van der Waals surface area contributed by atoms with E-state index < -0.39 is 10.9 Å². The average Bonchev–Trinajstić information content (AvgIpc) is 2.89. The van der Waals surface area contributed by atoms with Gasteiger partial charge < -0.3 is 15.0 Å². The van der Waals surface area contributed by atoms with Crippen molar-refractivity contribution in [2.75, 3.05) is 19.1 Å². The summed E-state index contributed by atoms with van der Waals surface area (Å²) in [7, 11) is 1.16. The smallest absolute Gasteiger partial charge is 0.357 e. The van der Waals surface area contributed by atoms with Crippen LogP contribution in [0.2, 0.25) is 0 Å². The van der Waals surface area contributed by atoms with E-state index in [2.05, 4.69) is 4.74 Å². The van der Waals surface area contributed by atoms with Crippen LogP contribution in [0.25, 0.3) is 5.69 Å². The van der Waals surface area contributed by atoms with Gasteiger partial charge in [-0.2, -0.15) is 5.26 Å². The number of rotatable bonds is 4. The van der Waals surface area contributed by atoms with Crippen molar-refractivity contribution in [3.8, 4) is 11.8 Å². The van der Waals surface area contributed by atoms with E-state index >= 15 is 0 Å². The molecule has 0 radical (unpaired) electrons. The van der Waals surface area contributed by atoms with Crippen molar-refractivity contribution in [2.24, 2.45) is 0 Å². The van der Waals surface area contributed by atoms with Gasteiger partial charge in [0.15, 0.2) is 5.69 Å². The first-order chi connectivity index (χ1) is 10.9. The first-order valence-electron chi connectivity index (χ1n) is 6.26. The number of carbonyl (C=O) groups is 1. The topological polar surface area (TPSA) is 124 Å². The highest BCUT2D eigenvalue weighted by molar-refractivity contribution is 7.98. The molecule has 0 fully saturated rings. The van der Waals surface area contributed by atoms with Gasteiger partial charge in [-0.25, -0.2) is 4.79 Å². The predicted octanol–water partition coefficient (Wildman–Crippen LogP) is 2.35. The summed E-state index contributed by atoms with van der Waals surface area (Å²) in [6, 6.07) is 6.41. The Morgan fingerprint density at radius 3 is 2.74 bits per heavy atom. The van der Waals surface area contributed by atoms with Crippen molar-refractivity contribution in [3.63, 3.8) is 0 Å². The molecule has 1 aromatic carbocycles. The van der Waals surface area contributed by atoms with Gasteiger partial charge in [0.1, 0.15) is 11.8 Å². The second-order valence-corrected chi connectivity index (χ2v) is 5.27. The summed E-state index contributed by atoms with van der Waals surface area (Å²) in [5, 5.41) is 20.4. The molecule has 0 unspecified atom stereocenters. The molecule has 118 valence electrons. The lowest BCUT2D eigenvalue weighted by Crippen LogP contribution is -2.12. The minimum atomic E-state index is -0.785. The molecular formula is C14H12N4O4S. The van der Waals surface area contributed by atoms with Gasteiger partial charge in [0.2, 0.25) is 0 Å². The number of esters is 1. The molecule has 0 amide bonds. The number of hydrogen-bond donors (Lipinski definition) is 1. The second-order valence-electron chi connectivity index (χ2n) is 4.39. The molecule has 2 rings (SSSR count). The standard InChI is InChI=1S/C14H12N4O4S/c1-22-14(19)13-12(16)8(6-15)7-17(13)10-4-3-9(23-2)5-11(10)18(20)21/h3-5,7H,16H2,1-2H3. The minimum Gasteiger partial charge on any atom is -0.464 e. The van der Waals surface area contributed by atoms with Gasteiger partial charge in [-0.15, -0.1) is 11.8 Å². The van der Waals surface area contributed by atoms with Gasteiger partial charge in [-0.1, -0.05) is 0 Å². The van der Waals surface area contributed by atoms with Crippen molar-refractivity contribution in [2.45, 2.75) is 4.90 Å². The molecule has 23 heavy (non-hydrogen) atoms. The van der Waals surface area contributed by atoms with Crippen LogP contribution in [-0.4, -0.2) is 28.8 Å². The molecule has 0 saturated carbocycles. The van der Waals surface area contributed by atoms with Crippen LogP contribution >= 0.6 is 11.8 Å². The molecule has 0 aliphatic heterocycles. The number of aromatic nitrogens is 1. The third-order valence-electron chi connectivity index (χ3n) is 3.18. The lowest BCUT2D eigenvalue weighted by molar-refractivity contribution is -0.384. The van der Waals surface area contributed by atoms with Crippen LogP contribution < -0.4 is 5.73 Å². The van der Waals surface area contributed by atoms with E-state index in [0.29, 0.717) is 4.90 Å². The summed E-state index contributed by atoms with van der Waals surface area (Å²) in [6.45, 7) is 0. The van der Waals surface area contributed by atoms with E-state index in [0.717, 1.165) is 7.11 Å². The molecule has 0 aliphatic carbocycles. The number of nitro benzene ring substituents is 1. The summed E-state index contributed by atoms with van der Waals surface area (Å²) in [5.41, 5.74) is 5.55. The van der Waals surface area contributed by atoms with Crippen molar-refractivity contribution >= 4 is 29.1 Å². The fourth-order valence-electron chi connectivity index (χ4n) is 2.08. The molecule has 1 heterocycles. The molecule has 2 aromatic rings. The molecule has 0 spiro atoms. The SMILES string of the molecule is COC(=O)c1c(N)c(C#N)cn1-c1ccc(SC)cc1[N+](=O)[O-]. The van der Waals surface area contributed by atoms with Crippen LogP contribution in [0.1, 0.15) is 16.1 Å². The number of thioether (sulfide) groups is 1. The quantitative estimate of drug-likeness (QED) is 0.394. The largest absolute Gasteiger partial charge is 0.464 e. The van der Waals surface area contributed by atoms with Gasteiger partial charge in [-0.3, -0.25) is 10.1 Å². The van der Waals surface area contributed by atoms with E-state index in [1.165, 1.54) is 34.7 Å². The van der Waals surface area contributed by atoms with E-state index in [9.17, 15) is 14.9 Å². The molecule has 0 atom stereocenters. The van der Waals surface area contributed by atoms with Crippen molar-refractivity contribution in [1.29, 1.82) is 5.26 Å². The van der Waals surface area contributed by atoms with Crippen LogP contribution in [0.4, 0.5) is 11.4 Å². The number of anilines is 1. The average molecular weight is 332 g/mol. The Hall–Kier alpha value is -2.99. The normalized spacial score (nSPS) is 10.1. The number of nitrogens with two attached hydrogens (primary N) is 1. The molecule has 0 aliphatic rings. The minimum absolute atomic E-state index is 0.0358. The van der Waals surface area contributed by atoms with Crippen LogP contribution in [0.3, 0.4) is 0 Å². The number of nitrogen functional groups attached to an aromatic ring is 1. The molecular weight excluding hydrogens is 320 g/mol. The number of nitrogens with zero attached hydrogens (tertiary/aromatic N) is 3. The monoisotopic (exact) mass is 332 g/mol. The summed E-state index contributed by atoms with van der Waals surface area (Å²) in [4.78, 5) is 23.4. The second kappa shape index (κ2) is 6.41. The molecule has 0 saturated heterocycles. The Morgan fingerprint density at radius 2 is 2.22 bits per heavy atom. The van der Waals surface area contributed by atoms with Crippen molar-refractivity contribution in [1.82, 2.24) is 4.57 Å². The van der Waals surface area contributed by atoms with Gasteiger partial charge in [0, 0.05) is 17.2 Å². The Bertz CT molecular complexity index is 838. The zero-order chi connectivity index (χ0) is 17.1. The lowest BCUT2D eigenvalue weighted by Gasteiger charge is -2.09. The summed E-state index contributed by atoms with van der Waals surface area (Å²) >= 11 is 1.35. The van der Waals surface area contributed by atoms with Gasteiger partial charge in [0.25, 0.3) is 5.69 Å². The predicted molar refractivity (Wildman–Crippen MR) is 84.7 cm³/mol. The Kier molecular flexibility index (Phi) is 4.57. The van der Waals surface area contributed by atoms with Crippen LogP contribution in [0, 0.1) is 21.4 Å². The highest BCUT2D eigenvalue weighted by Crippen LogP contribution is 2.32. The summed E-state index contributed by atoms with van der Waals surface area (Å²) in [5.74, 6) is -0.785. The van der Waals surface area contributed by atoms with Crippen molar-refractivity contribution < 1.29 is 14.5 Å².